The third-order valence-electron chi connectivity index (χ3n) is 2.54. The van der Waals surface area contributed by atoms with Gasteiger partial charge in [0.25, 0.3) is 0 Å². The van der Waals surface area contributed by atoms with E-state index in [1.54, 1.807) is 6.07 Å². The second-order valence-electron chi connectivity index (χ2n) is 3.96. The molecule has 1 atom stereocenters. The van der Waals surface area contributed by atoms with Gasteiger partial charge in [-0.1, -0.05) is 18.9 Å². The minimum absolute atomic E-state index is 0.0560. The fourth-order valence-electron chi connectivity index (χ4n) is 1.30. The average molecular weight is 230 g/mol. The van der Waals surface area contributed by atoms with Crippen LogP contribution in [-0.4, -0.2) is 18.5 Å². The van der Waals surface area contributed by atoms with Crippen molar-refractivity contribution in [3.8, 4) is 12.3 Å². The molecule has 0 saturated carbocycles. The molecule has 1 unspecified atom stereocenters. The fourth-order valence-corrected chi connectivity index (χ4v) is 1.30. The third kappa shape index (κ3) is 4.71. The molecule has 0 fully saturated rings. The Morgan fingerprint density at radius 2 is 2.29 bits per heavy atom. The predicted molar refractivity (Wildman–Crippen MR) is 70.8 cm³/mol. The molecule has 0 spiro atoms. The number of benzene rings is 1. The highest BCUT2D eigenvalue weighted by molar-refractivity contribution is 5.92. The van der Waals surface area contributed by atoms with Crippen molar-refractivity contribution in [3.63, 3.8) is 0 Å². The summed E-state index contributed by atoms with van der Waals surface area (Å²) >= 11 is 0. The molecule has 0 saturated heterocycles. The van der Waals surface area contributed by atoms with Gasteiger partial charge in [-0.05, 0) is 31.5 Å². The van der Waals surface area contributed by atoms with Crippen molar-refractivity contribution in [2.75, 3.05) is 11.9 Å². The Kier molecular flexibility index (Phi) is 5.25. The van der Waals surface area contributed by atoms with Gasteiger partial charge < -0.3 is 10.6 Å². The highest BCUT2D eigenvalue weighted by Crippen LogP contribution is 2.09. The molecule has 0 aliphatic carbocycles. The molecule has 1 aromatic rings. The minimum atomic E-state index is -0.0560. The largest absolute Gasteiger partial charge is 0.325 e. The Morgan fingerprint density at radius 1 is 1.53 bits per heavy atom. The van der Waals surface area contributed by atoms with Gasteiger partial charge in [-0.25, -0.2) is 0 Å². The second-order valence-corrected chi connectivity index (χ2v) is 3.96. The zero-order valence-electron chi connectivity index (χ0n) is 10.3. The van der Waals surface area contributed by atoms with Gasteiger partial charge >= 0.3 is 0 Å². The van der Waals surface area contributed by atoms with E-state index in [4.69, 9.17) is 6.42 Å². The van der Waals surface area contributed by atoms with Crippen molar-refractivity contribution in [1.29, 1.82) is 0 Å². The van der Waals surface area contributed by atoms with Crippen molar-refractivity contribution >= 4 is 11.6 Å². The molecule has 0 aromatic heterocycles. The number of terminal acetylenes is 1. The fraction of sp³-hybridized carbons (Fsp3) is 0.357. The smallest absolute Gasteiger partial charge is 0.238 e. The summed E-state index contributed by atoms with van der Waals surface area (Å²) in [6.07, 6.45) is 6.29. The van der Waals surface area contributed by atoms with E-state index >= 15 is 0 Å². The molecule has 3 heteroatoms. The lowest BCUT2D eigenvalue weighted by molar-refractivity contribution is -0.115. The summed E-state index contributed by atoms with van der Waals surface area (Å²) in [5.41, 5.74) is 1.49. The number of anilines is 1. The maximum Gasteiger partial charge on any atom is 0.238 e. The van der Waals surface area contributed by atoms with Crippen molar-refractivity contribution in [2.24, 2.45) is 0 Å². The molecule has 1 amide bonds. The lowest BCUT2D eigenvalue weighted by Crippen LogP contribution is -2.33. The van der Waals surface area contributed by atoms with Crippen LogP contribution in [0.1, 0.15) is 25.8 Å². The zero-order chi connectivity index (χ0) is 12.7. The molecule has 1 rings (SSSR count). The first-order valence-electron chi connectivity index (χ1n) is 5.75. The van der Waals surface area contributed by atoms with Gasteiger partial charge in [0.15, 0.2) is 0 Å². The van der Waals surface area contributed by atoms with Crippen LogP contribution in [0.4, 0.5) is 5.69 Å². The number of carbonyl (C=O) groups is 1. The monoisotopic (exact) mass is 230 g/mol. The molecule has 0 aliphatic rings. The summed E-state index contributed by atoms with van der Waals surface area (Å²) < 4.78 is 0. The van der Waals surface area contributed by atoms with Crippen molar-refractivity contribution in [1.82, 2.24) is 5.32 Å². The Balaban J connectivity index is 2.48. The van der Waals surface area contributed by atoms with Crippen LogP contribution < -0.4 is 10.6 Å². The van der Waals surface area contributed by atoms with E-state index in [9.17, 15) is 4.79 Å². The number of hydrogen-bond donors (Lipinski definition) is 2. The first-order valence-corrected chi connectivity index (χ1v) is 5.75. The molecule has 0 bridgehead atoms. The van der Waals surface area contributed by atoms with Crippen molar-refractivity contribution in [3.05, 3.63) is 29.8 Å². The van der Waals surface area contributed by atoms with E-state index in [1.807, 2.05) is 25.1 Å². The van der Waals surface area contributed by atoms with E-state index < -0.39 is 0 Å². The van der Waals surface area contributed by atoms with Crippen LogP contribution in [0.3, 0.4) is 0 Å². The second kappa shape index (κ2) is 6.72. The van der Waals surface area contributed by atoms with Crippen LogP contribution in [0, 0.1) is 12.3 Å². The molecule has 2 N–H and O–H groups in total. The van der Waals surface area contributed by atoms with Gasteiger partial charge in [-0.2, -0.15) is 0 Å². The Labute approximate surface area is 103 Å². The molecule has 1 aromatic carbocycles. The summed E-state index contributed by atoms with van der Waals surface area (Å²) in [5.74, 6) is 2.48. The first kappa shape index (κ1) is 13.3. The number of carbonyl (C=O) groups excluding carboxylic acids is 1. The van der Waals surface area contributed by atoms with Gasteiger partial charge in [0.1, 0.15) is 0 Å². The lowest BCUT2D eigenvalue weighted by Gasteiger charge is -2.11. The van der Waals surface area contributed by atoms with Crippen LogP contribution in [0.2, 0.25) is 0 Å². The van der Waals surface area contributed by atoms with Crippen molar-refractivity contribution < 1.29 is 4.79 Å². The Hall–Kier alpha value is -1.79. The summed E-state index contributed by atoms with van der Waals surface area (Å²) in [5, 5.41) is 5.93. The van der Waals surface area contributed by atoms with Gasteiger partial charge in [-0.3, -0.25) is 4.79 Å². The van der Waals surface area contributed by atoms with Crippen molar-refractivity contribution in [2.45, 2.75) is 26.3 Å². The standard InChI is InChI=1S/C14H18N2O/c1-4-11(3)15-10-14(17)16-13-8-6-7-12(5-2)9-13/h2,6-9,11,15H,4,10H2,1,3H3,(H,16,17). The molecular weight excluding hydrogens is 212 g/mol. The molecule has 90 valence electrons. The first-order chi connectivity index (χ1) is 8.15. The topological polar surface area (TPSA) is 41.1 Å². The number of hydrogen-bond acceptors (Lipinski definition) is 2. The van der Waals surface area contributed by atoms with E-state index in [2.05, 4.69) is 23.5 Å². The maximum atomic E-state index is 11.6. The van der Waals surface area contributed by atoms with Crippen LogP contribution in [0.25, 0.3) is 0 Å². The van der Waals surface area contributed by atoms with Gasteiger partial charge in [0.05, 0.1) is 6.54 Å². The number of amides is 1. The van der Waals surface area contributed by atoms with Crippen LogP contribution in [0.5, 0.6) is 0 Å². The molecular formula is C14H18N2O. The summed E-state index contributed by atoms with van der Waals surface area (Å²) in [6, 6.07) is 7.60. The van der Waals surface area contributed by atoms with Gasteiger partial charge in [0, 0.05) is 17.3 Å². The molecule has 3 nitrogen and oxygen atoms in total. The third-order valence-corrected chi connectivity index (χ3v) is 2.54. The number of nitrogens with one attached hydrogen (secondary N) is 2. The van der Waals surface area contributed by atoms with E-state index in [1.165, 1.54) is 0 Å². The Bertz CT molecular complexity index is 420. The van der Waals surface area contributed by atoms with Crippen LogP contribution in [-0.2, 0) is 4.79 Å². The average Bonchev–Trinajstić information content (AvgIpc) is 2.36. The van der Waals surface area contributed by atoms with E-state index in [-0.39, 0.29) is 5.91 Å². The van der Waals surface area contributed by atoms with Gasteiger partial charge in [0.2, 0.25) is 5.91 Å². The minimum Gasteiger partial charge on any atom is -0.325 e. The lowest BCUT2D eigenvalue weighted by atomic mass is 10.2. The summed E-state index contributed by atoms with van der Waals surface area (Å²) in [6.45, 7) is 4.44. The normalized spacial score (nSPS) is 11.6. The summed E-state index contributed by atoms with van der Waals surface area (Å²) in [7, 11) is 0. The molecule has 17 heavy (non-hydrogen) atoms. The summed E-state index contributed by atoms with van der Waals surface area (Å²) in [4.78, 5) is 11.6. The molecule has 0 aliphatic heterocycles. The van der Waals surface area contributed by atoms with Gasteiger partial charge in [-0.15, -0.1) is 6.42 Å². The van der Waals surface area contributed by atoms with E-state index in [0.29, 0.717) is 12.6 Å². The van der Waals surface area contributed by atoms with Crippen LogP contribution in [0.15, 0.2) is 24.3 Å². The maximum absolute atomic E-state index is 11.6. The molecule has 0 radical (unpaired) electrons. The van der Waals surface area contributed by atoms with E-state index in [0.717, 1.165) is 17.7 Å². The molecule has 0 heterocycles. The zero-order valence-corrected chi connectivity index (χ0v) is 10.3. The quantitative estimate of drug-likeness (QED) is 0.760. The Morgan fingerprint density at radius 3 is 2.94 bits per heavy atom. The predicted octanol–water partition coefficient (Wildman–Crippen LogP) is 1.99. The van der Waals surface area contributed by atoms with Crippen LogP contribution >= 0.6 is 0 Å². The highest BCUT2D eigenvalue weighted by Gasteiger charge is 2.04. The SMILES string of the molecule is C#Cc1cccc(NC(=O)CNC(C)CC)c1. The highest BCUT2D eigenvalue weighted by atomic mass is 16.1. The number of rotatable bonds is 5.